The molecule has 1 aromatic carbocycles. The summed E-state index contributed by atoms with van der Waals surface area (Å²) >= 11 is 0. The molecular formula is C10H11FNO2. The first-order chi connectivity index (χ1) is 6.75. The van der Waals surface area contributed by atoms with Crippen molar-refractivity contribution in [2.75, 3.05) is 11.9 Å². The summed E-state index contributed by atoms with van der Waals surface area (Å²) in [6.07, 6.45) is 0.134. The zero-order valence-electron chi connectivity index (χ0n) is 7.53. The molecule has 0 spiro atoms. The zero-order chi connectivity index (χ0) is 9.97. The van der Waals surface area contributed by atoms with E-state index in [4.69, 9.17) is 4.74 Å². The summed E-state index contributed by atoms with van der Waals surface area (Å²) in [5.74, 6) is 0.161. The second-order valence-electron chi connectivity index (χ2n) is 3.19. The average molecular weight is 196 g/mol. The van der Waals surface area contributed by atoms with Gasteiger partial charge in [-0.05, 0) is 18.6 Å². The van der Waals surface area contributed by atoms with Crippen LogP contribution in [-0.4, -0.2) is 17.8 Å². The van der Waals surface area contributed by atoms with Gasteiger partial charge in [-0.3, -0.25) is 0 Å². The number of aromatic hydroxyl groups is 1. The minimum absolute atomic E-state index is 0.161. The van der Waals surface area contributed by atoms with Crippen molar-refractivity contribution in [3.8, 4) is 5.75 Å². The van der Waals surface area contributed by atoms with Crippen LogP contribution in [0.5, 0.6) is 5.75 Å². The Morgan fingerprint density at radius 3 is 3.00 bits per heavy atom. The van der Waals surface area contributed by atoms with E-state index in [1.54, 1.807) is 24.3 Å². The molecule has 0 amide bonds. The van der Waals surface area contributed by atoms with Crippen molar-refractivity contribution in [2.24, 2.45) is 0 Å². The van der Waals surface area contributed by atoms with Gasteiger partial charge in [0.05, 0.1) is 12.6 Å². The molecule has 2 rings (SSSR count). The van der Waals surface area contributed by atoms with Gasteiger partial charge in [-0.2, -0.15) is 0 Å². The molecule has 75 valence electrons. The summed E-state index contributed by atoms with van der Waals surface area (Å²) in [5, 5.41) is 12.1. The highest BCUT2D eigenvalue weighted by molar-refractivity contribution is 5.49. The van der Waals surface area contributed by atoms with E-state index in [9.17, 15) is 9.50 Å². The third-order valence-electron chi connectivity index (χ3n) is 2.11. The maximum atomic E-state index is 12.9. The highest BCUT2D eigenvalue weighted by Crippen LogP contribution is 2.26. The molecule has 1 fully saturated rings. The Labute approximate surface area is 81.5 Å². The minimum atomic E-state index is -0.478. The predicted octanol–water partition coefficient (Wildman–Crippen LogP) is 2.05. The summed E-state index contributed by atoms with van der Waals surface area (Å²) in [5.41, 5.74) is 0.690. The van der Waals surface area contributed by atoms with Crippen LogP contribution in [0, 0.1) is 6.36 Å². The van der Waals surface area contributed by atoms with E-state index in [2.05, 4.69) is 5.32 Å². The van der Waals surface area contributed by atoms with Gasteiger partial charge in [-0.1, -0.05) is 6.07 Å². The van der Waals surface area contributed by atoms with Crippen molar-refractivity contribution in [2.45, 2.75) is 12.5 Å². The van der Waals surface area contributed by atoms with Crippen LogP contribution in [0.2, 0.25) is 0 Å². The van der Waals surface area contributed by atoms with Crippen LogP contribution >= 0.6 is 0 Å². The Morgan fingerprint density at radius 2 is 2.36 bits per heavy atom. The first-order valence-electron chi connectivity index (χ1n) is 4.46. The quantitative estimate of drug-likeness (QED) is 0.760. The molecular weight excluding hydrogens is 185 g/mol. The molecule has 1 unspecified atom stereocenters. The van der Waals surface area contributed by atoms with E-state index in [1.807, 2.05) is 0 Å². The van der Waals surface area contributed by atoms with Crippen LogP contribution in [0.1, 0.15) is 6.42 Å². The molecule has 2 N–H and O–H groups in total. The molecule has 0 saturated carbocycles. The summed E-state index contributed by atoms with van der Waals surface area (Å²) in [7, 11) is 0. The summed E-state index contributed by atoms with van der Waals surface area (Å²) < 4.78 is 17.6. The van der Waals surface area contributed by atoms with E-state index >= 15 is 0 Å². The van der Waals surface area contributed by atoms with Gasteiger partial charge in [0.25, 0.3) is 6.36 Å². The molecule has 1 aromatic rings. The number of phenols is 1. The Hall–Kier alpha value is -1.29. The molecule has 0 aromatic heterocycles. The van der Waals surface area contributed by atoms with Gasteiger partial charge in [-0.15, -0.1) is 0 Å². The van der Waals surface area contributed by atoms with Gasteiger partial charge in [-0.25, -0.2) is 4.39 Å². The standard InChI is InChI=1S/C10H11FNO2/c11-10-9(4-5-14-10)12-7-2-1-3-8(13)6-7/h1-3,6,9,12-13H,4-5H2. The lowest BCUT2D eigenvalue weighted by atomic mass is 10.2. The Morgan fingerprint density at radius 1 is 1.50 bits per heavy atom. The lowest BCUT2D eigenvalue weighted by Crippen LogP contribution is -2.20. The summed E-state index contributed by atoms with van der Waals surface area (Å²) in [6, 6.07) is 6.19. The van der Waals surface area contributed by atoms with Crippen LogP contribution in [0.15, 0.2) is 24.3 Å². The number of hydrogen-bond donors (Lipinski definition) is 2. The van der Waals surface area contributed by atoms with Crippen molar-refractivity contribution in [3.63, 3.8) is 0 Å². The highest BCUT2D eigenvalue weighted by Gasteiger charge is 2.29. The van der Waals surface area contributed by atoms with Crippen molar-refractivity contribution in [1.82, 2.24) is 0 Å². The fraction of sp³-hybridized carbons (Fsp3) is 0.300. The maximum Gasteiger partial charge on any atom is 0.291 e. The second kappa shape index (κ2) is 3.84. The normalized spacial score (nSPS) is 22.5. The lowest BCUT2D eigenvalue weighted by Gasteiger charge is -2.13. The third kappa shape index (κ3) is 1.96. The van der Waals surface area contributed by atoms with Gasteiger partial charge >= 0.3 is 0 Å². The molecule has 1 heterocycles. The lowest BCUT2D eigenvalue weighted by molar-refractivity contribution is 0.108. The topological polar surface area (TPSA) is 41.5 Å². The molecule has 1 atom stereocenters. The molecule has 4 heteroatoms. The first-order valence-corrected chi connectivity index (χ1v) is 4.46. The van der Waals surface area contributed by atoms with Gasteiger partial charge < -0.3 is 15.2 Å². The molecule has 0 aliphatic carbocycles. The Bertz CT molecular complexity index is 319. The summed E-state index contributed by atoms with van der Waals surface area (Å²) in [6.45, 7) is 0.405. The maximum absolute atomic E-state index is 12.9. The van der Waals surface area contributed by atoms with E-state index < -0.39 is 12.4 Å². The van der Waals surface area contributed by atoms with Crippen LogP contribution < -0.4 is 5.32 Å². The minimum Gasteiger partial charge on any atom is -0.508 e. The van der Waals surface area contributed by atoms with Crippen LogP contribution in [0.3, 0.4) is 0 Å². The zero-order valence-corrected chi connectivity index (χ0v) is 7.53. The molecule has 14 heavy (non-hydrogen) atoms. The molecule has 1 radical (unpaired) electrons. The predicted molar refractivity (Wildman–Crippen MR) is 50.4 cm³/mol. The molecule has 1 aliphatic heterocycles. The van der Waals surface area contributed by atoms with Gasteiger partial charge in [0.15, 0.2) is 0 Å². The fourth-order valence-electron chi connectivity index (χ4n) is 1.41. The molecule has 3 nitrogen and oxygen atoms in total. The molecule has 1 saturated heterocycles. The van der Waals surface area contributed by atoms with Gasteiger partial charge in [0, 0.05) is 11.8 Å². The highest BCUT2D eigenvalue weighted by atomic mass is 19.1. The third-order valence-corrected chi connectivity index (χ3v) is 2.11. The Balaban J connectivity index is 2.03. The second-order valence-corrected chi connectivity index (χ2v) is 3.19. The SMILES string of the molecule is Oc1cccc(NC2CCO[C]2F)c1. The van der Waals surface area contributed by atoms with Crippen LogP contribution in [0.25, 0.3) is 0 Å². The number of rotatable bonds is 2. The average Bonchev–Trinajstić information content (AvgIpc) is 2.52. The van der Waals surface area contributed by atoms with E-state index in [0.29, 0.717) is 18.7 Å². The van der Waals surface area contributed by atoms with Gasteiger partial charge in [0.2, 0.25) is 0 Å². The van der Waals surface area contributed by atoms with Crippen molar-refractivity contribution in [1.29, 1.82) is 0 Å². The van der Waals surface area contributed by atoms with E-state index in [0.717, 1.165) is 0 Å². The molecule has 0 bridgehead atoms. The fourth-order valence-corrected chi connectivity index (χ4v) is 1.41. The van der Waals surface area contributed by atoms with E-state index in [1.165, 1.54) is 0 Å². The Kier molecular flexibility index (Phi) is 2.54. The van der Waals surface area contributed by atoms with Gasteiger partial charge in [0.1, 0.15) is 5.75 Å². The number of hydrogen-bond acceptors (Lipinski definition) is 3. The smallest absolute Gasteiger partial charge is 0.291 e. The van der Waals surface area contributed by atoms with Crippen molar-refractivity contribution >= 4 is 5.69 Å². The number of benzene rings is 1. The first kappa shape index (κ1) is 9.27. The van der Waals surface area contributed by atoms with E-state index in [-0.39, 0.29) is 5.75 Å². The number of phenolic OH excluding ortho intramolecular Hbond substituents is 1. The number of nitrogens with one attached hydrogen (secondary N) is 1. The number of anilines is 1. The van der Waals surface area contributed by atoms with Crippen LogP contribution in [0.4, 0.5) is 10.1 Å². The molecule has 1 aliphatic rings. The number of ether oxygens (including phenoxy) is 1. The largest absolute Gasteiger partial charge is 0.508 e. The van der Waals surface area contributed by atoms with Crippen molar-refractivity contribution < 1.29 is 14.2 Å². The van der Waals surface area contributed by atoms with Crippen LogP contribution in [-0.2, 0) is 4.74 Å². The monoisotopic (exact) mass is 196 g/mol. The summed E-state index contributed by atoms with van der Waals surface area (Å²) in [4.78, 5) is 0. The number of halogens is 1. The van der Waals surface area contributed by atoms with Crippen molar-refractivity contribution in [3.05, 3.63) is 30.6 Å².